The lowest BCUT2D eigenvalue weighted by Crippen LogP contribution is -2.63. The number of imidazole rings is 1. The Labute approximate surface area is 368 Å². The quantitative estimate of drug-likeness (QED) is 0.161. The van der Waals surface area contributed by atoms with Crippen molar-refractivity contribution >= 4 is 46.7 Å². The number of fused-ring (bicyclic) bond motifs is 2. The van der Waals surface area contributed by atoms with Gasteiger partial charge in [0.05, 0.1) is 61.4 Å². The monoisotopic (exact) mass is 898 g/mol. The zero-order valence-electron chi connectivity index (χ0n) is 35.1. The van der Waals surface area contributed by atoms with E-state index in [2.05, 4.69) is 10.3 Å². The molecule has 3 amide bonds. The van der Waals surface area contributed by atoms with Crippen LogP contribution >= 0.6 is 23.2 Å². The van der Waals surface area contributed by atoms with Gasteiger partial charge in [-0.3, -0.25) is 19.2 Å². The van der Waals surface area contributed by atoms with E-state index in [0.717, 1.165) is 27.5 Å². The fraction of sp³-hybridized carbons (Fsp3) is 0.444. The van der Waals surface area contributed by atoms with Gasteiger partial charge in [0.1, 0.15) is 17.3 Å². The summed E-state index contributed by atoms with van der Waals surface area (Å²) in [5.74, 6) is -4.58. The number of halogens is 5. The van der Waals surface area contributed by atoms with Gasteiger partial charge in [-0.1, -0.05) is 41.4 Å². The van der Waals surface area contributed by atoms with Crippen molar-refractivity contribution in [2.75, 3.05) is 33.8 Å². The Kier molecular flexibility index (Phi) is 14.7. The maximum Gasteiger partial charge on any atom is 0.389 e. The molecule has 0 spiro atoms. The standard InChI is InChI=1S/C45H51Cl2F3N6O6/c1-28-38(58)18-33(26-57)42(60)52-44(21-29-6-11-34(46)12-7-29)16-5-17-55(27-44)43(61)32(22-45(48,49)50)19-41(59)56(28)24-31-8-13-35(47)20-39(31)62-36-14-9-30(10-15-36)37-23-51-40(54(37)4)25-53(2)3/h6-15,20,23,28,32-33,57H,5,16-19,21-22,24-27H2,1-4H3,(H,52,60)/t28-,32-,33-,44+/m0/s1. The number of amides is 3. The van der Waals surface area contributed by atoms with E-state index >= 15 is 0 Å². The first-order valence-corrected chi connectivity index (χ1v) is 21.2. The smallest absolute Gasteiger partial charge is 0.389 e. The van der Waals surface area contributed by atoms with Crippen molar-refractivity contribution in [3.8, 4) is 22.8 Å². The van der Waals surface area contributed by atoms with Crippen LogP contribution in [0.15, 0.2) is 72.9 Å². The number of rotatable bonds is 11. The Hall–Kier alpha value is -4.96. The van der Waals surface area contributed by atoms with E-state index < -0.39 is 79.0 Å². The Morgan fingerprint density at radius 3 is 2.32 bits per heavy atom. The second kappa shape index (κ2) is 19.6. The number of hydrogen-bond donors (Lipinski definition) is 2. The fourth-order valence-corrected chi connectivity index (χ4v) is 8.54. The van der Waals surface area contributed by atoms with Crippen molar-refractivity contribution in [3.63, 3.8) is 0 Å². The van der Waals surface area contributed by atoms with Crippen LogP contribution in [-0.2, 0) is 45.7 Å². The van der Waals surface area contributed by atoms with Crippen molar-refractivity contribution in [2.24, 2.45) is 18.9 Å². The highest BCUT2D eigenvalue weighted by Gasteiger charge is 2.45. The van der Waals surface area contributed by atoms with Crippen LogP contribution in [-0.4, -0.2) is 104 Å². The summed E-state index contributed by atoms with van der Waals surface area (Å²) in [6.45, 7) is 1.00. The number of carbonyl (C=O) groups excluding carboxylic acids is 4. The van der Waals surface area contributed by atoms with Crippen molar-refractivity contribution in [1.29, 1.82) is 0 Å². The molecular weight excluding hydrogens is 848 g/mol. The molecule has 4 aromatic rings. The van der Waals surface area contributed by atoms with Gasteiger partial charge in [0.2, 0.25) is 17.7 Å². The van der Waals surface area contributed by atoms with Gasteiger partial charge in [0.25, 0.3) is 0 Å². The summed E-state index contributed by atoms with van der Waals surface area (Å²) in [6.07, 6.45) is -5.02. The maximum atomic E-state index is 14.4. The van der Waals surface area contributed by atoms with Gasteiger partial charge in [0.15, 0.2) is 5.78 Å². The molecule has 2 saturated heterocycles. The lowest BCUT2D eigenvalue weighted by atomic mass is 9.81. The van der Waals surface area contributed by atoms with E-state index in [4.69, 9.17) is 27.9 Å². The molecule has 0 saturated carbocycles. The molecule has 12 nitrogen and oxygen atoms in total. The minimum atomic E-state index is -4.81. The third-order valence-corrected chi connectivity index (χ3v) is 12.1. The first kappa shape index (κ1) is 46.5. The van der Waals surface area contributed by atoms with Gasteiger partial charge < -0.3 is 34.4 Å². The van der Waals surface area contributed by atoms with Crippen LogP contribution in [0.4, 0.5) is 13.2 Å². The molecule has 2 N–H and O–H groups in total. The molecule has 0 unspecified atom stereocenters. The van der Waals surface area contributed by atoms with Crippen LogP contribution in [0.2, 0.25) is 10.0 Å². The van der Waals surface area contributed by atoms with Crippen LogP contribution in [0.25, 0.3) is 11.3 Å². The third kappa shape index (κ3) is 11.5. The number of alkyl halides is 3. The lowest BCUT2D eigenvalue weighted by molar-refractivity contribution is -0.164. The van der Waals surface area contributed by atoms with Crippen molar-refractivity contribution in [3.05, 3.63) is 99.9 Å². The Bertz CT molecular complexity index is 2250. The largest absolute Gasteiger partial charge is 0.457 e. The molecule has 0 radical (unpaired) electrons. The van der Waals surface area contributed by atoms with E-state index in [1.54, 1.807) is 54.7 Å². The van der Waals surface area contributed by atoms with Crippen LogP contribution in [0.5, 0.6) is 11.5 Å². The second-order valence-electron chi connectivity index (χ2n) is 16.6. The number of nitrogens with zero attached hydrogens (tertiary/aromatic N) is 5. The van der Waals surface area contributed by atoms with Crippen LogP contribution < -0.4 is 10.1 Å². The first-order valence-electron chi connectivity index (χ1n) is 20.4. The van der Waals surface area contributed by atoms with E-state index in [1.807, 2.05) is 42.7 Å². The predicted octanol–water partition coefficient (Wildman–Crippen LogP) is 7.23. The molecule has 2 fully saturated rings. The highest BCUT2D eigenvalue weighted by molar-refractivity contribution is 6.31. The number of benzene rings is 3. The second-order valence-corrected chi connectivity index (χ2v) is 17.5. The number of ether oxygens (including phenoxy) is 1. The van der Waals surface area contributed by atoms with Crippen molar-refractivity contribution in [1.82, 2.24) is 29.6 Å². The molecule has 3 heterocycles. The summed E-state index contributed by atoms with van der Waals surface area (Å²) in [6, 6.07) is 17.4. The average molecular weight is 900 g/mol. The van der Waals surface area contributed by atoms with Gasteiger partial charge in [-0.05, 0) is 94.4 Å². The molecule has 2 bridgehead atoms. The van der Waals surface area contributed by atoms with Crippen LogP contribution in [0, 0.1) is 11.8 Å². The normalized spacial score (nSPS) is 21.9. The third-order valence-electron chi connectivity index (χ3n) is 11.6. The van der Waals surface area contributed by atoms with Crippen LogP contribution in [0.1, 0.15) is 56.0 Å². The van der Waals surface area contributed by atoms with E-state index in [1.165, 1.54) is 17.9 Å². The number of Topliss-reactive ketones (excluding diaryl/α,β-unsaturated/α-hetero) is 1. The molecule has 2 aliphatic rings. The van der Waals surface area contributed by atoms with Gasteiger partial charge in [0, 0.05) is 54.2 Å². The number of ketones is 1. The zero-order valence-corrected chi connectivity index (χ0v) is 36.6. The van der Waals surface area contributed by atoms with Crippen molar-refractivity contribution < 1.29 is 42.2 Å². The first-order chi connectivity index (χ1) is 29.3. The molecular formula is C45H51Cl2F3N6O6. The SMILES string of the molecule is C[C@H]1C(=O)C[C@@H](CO)C(=O)N[C@@]2(Cc3ccc(Cl)cc3)CCCN(C2)C(=O)[C@H](CC(F)(F)F)CC(=O)N1Cc1ccc(Cl)cc1Oc1ccc(-c2cnc(CN(C)C)n2C)cc1. The summed E-state index contributed by atoms with van der Waals surface area (Å²) < 4.78 is 51.1. The summed E-state index contributed by atoms with van der Waals surface area (Å²) in [5, 5.41) is 14.2. The molecule has 3 aromatic carbocycles. The number of nitrogens with one attached hydrogen (secondary N) is 1. The highest BCUT2D eigenvalue weighted by Crippen LogP contribution is 2.35. The predicted molar refractivity (Wildman–Crippen MR) is 228 cm³/mol. The number of carbonyl (C=O) groups is 4. The van der Waals surface area contributed by atoms with Gasteiger partial charge in [-0.25, -0.2) is 4.98 Å². The summed E-state index contributed by atoms with van der Waals surface area (Å²) in [4.78, 5) is 65.7. The summed E-state index contributed by atoms with van der Waals surface area (Å²) >= 11 is 12.5. The Balaban J connectivity index is 1.32. The molecule has 17 heteroatoms. The van der Waals surface area contributed by atoms with E-state index in [9.17, 15) is 37.5 Å². The fourth-order valence-electron chi connectivity index (χ4n) is 8.25. The van der Waals surface area contributed by atoms with E-state index in [-0.39, 0.29) is 31.8 Å². The summed E-state index contributed by atoms with van der Waals surface area (Å²) in [7, 11) is 5.85. The van der Waals surface area contributed by atoms with Gasteiger partial charge >= 0.3 is 6.18 Å². The number of piperidine rings is 1. The molecule has 2 aliphatic heterocycles. The highest BCUT2D eigenvalue weighted by atomic mass is 35.5. The maximum absolute atomic E-state index is 14.4. The molecule has 332 valence electrons. The number of aromatic nitrogens is 2. The van der Waals surface area contributed by atoms with Crippen molar-refractivity contribution in [2.45, 2.75) is 76.3 Å². The molecule has 4 atom stereocenters. The molecule has 1 aromatic heterocycles. The number of hydrogen-bond acceptors (Lipinski definition) is 8. The molecule has 0 aliphatic carbocycles. The minimum absolute atomic E-state index is 0.105. The lowest BCUT2D eigenvalue weighted by Gasteiger charge is -2.45. The number of aliphatic hydroxyl groups is 1. The van der Waals surface area contributed by atoms with E-state index in [0.29, 0.717) is 40.7 Å². The zero-order chi connectivity index (χ0) is 44.9. The Morgan fingerprint density at radius 1 is 0.968 bits per heavy atom. The van der Waals surface area contributed by atoms with Gasteiger partial charge in [-0.15, -0.1) is 0 Å². The minimum Gasteiger partial charge on any atom is -0.457 e. The molecule has 62 heavy (non-hydrogen) atoms. The molecule has 6 rings (SSSR count). The van der Waals surface area contributed by atoms with Gasteiger partial charge in [-0.2, -0.15) is 13.2 Å². The Morgan fingerprint density at radius 2 is 1.66 bits per heavy atom. The summed E-state index contributed by atoms with van der Waals surface area (Å²) in [5.41, 5.74) is 1.72. The topological polar surface area (TPSA) is 137 Å². The average Bonchev–Trinajstić information content (AvgIpc) is 3.57. The van der Waals surface area contributed by atoms with Crippen LogP contribution in [0.3, 0.4) is 0 Å². The number of aliphatic hydroxyl groups excluding tert-OH is 1.